The molecule has 3 rings (SSSR count). The molecule has 25 heavy (non-hydrogen) atoms. The fourth-order valence-corrected chi connectivity index (χ4v) is 4.40. The smallest absolute Gasteiger partial charge is 0.317 e. The maximum Gasteiger partial charge on any atom is 0.317 e. The third-order valence-corrected chi connectivity index (χ3v) is 6.17. The van der Waals surface area contributed by atoms with Crippen molar-refractivity contribution in [2.75, 3.05) is 26.2 Å². The first-order chi connectivity index (χ1) is 11.8. The van der Waals surface area contributed by atoms with Crippen molar-refractivity contribution in [3.8, 4) is 0 Å². The molecule has 3 aliphatic rings. The zero-order valence-corrected chi connectivity index (χ0v) is 15.2. The highest BCUT2D eigenvalue weighted by molar-refractivity contribution is 5.91. The summed E-state index contributed by atoms with van der Waals surface area (Å²) in [5.41, 5.74) is -0.474. The highest BCUT2D eigenvalue weighted by Gasteiger charge is 2.66. The molecule has 2 saturated carbocycles. The van der Waals surface area contributed by atoms with E-state index >= 15 is 0 Å². The second kappa shape index (κ2) is 6.84. The van der Waals surface area contributed by atoms with Crippen molar-refractivity contribution in [3.63, 3.8) is 0 Å². The van der Waals surface area contributed by atoms with Crippen molar-refractivity contribution in [1.29, 1.82) is 0 Å². The molecule has 0 aromatic rings. The number of amides is 3. The summed E-state index contributed by atoms with van der Waals surface area (Å²) < 4.78 is 0. The van der Waals surface area contributed by atoms with E-state index in [0.29, 0.717) is 26.2 Å². The number of rotatable bonds is 3. The van der Waals surface area contributed by atoms with Gasteiger partial charge in [-0.25, -0.2) is 4.79 Å². The average Bonchev–Trinajstić information content (AvgIpc) is 3.18. The number of carbonyl (C=O) groups excluding carboxylic acids is 2. The Hall–Kier alpha value is -1.79. The average molecular weight is 351 g/mol. The highest BCUT2D eigenvalue weighted by atomic mass is 16.4. The van der Waals surface area contributed by atoms with Gasteiger partial charge in [0.15, 0.2) is 0 Å². The van der Waals surface area contributed by atoms with E-state index < -0.39 is 23.2 Å². The zero-order chi connectivity index (χ0) is 18.2. The van der Waals surface area contributed by atoms with E-state index in [0.717, 1.165) is 12.8 Å². The molecule has 1 saturated heterocycles. The molecular weight excluding hydrogens is 322 g/mol. The number of hydrogen-bond donors (Lipinski definition) is 2. The number of piperazine rings is 1. The molecule has 3 fully saturated rings. The van der Waals surface area contributed by atoms with Gasteiger partial charge in [0.05, 0.1) is 11.8 Å². The maximum atomic E-state index is 12.6. The summed E-state index contributed by atoms with van der Waals surface area (Å²) in [4.78, 5) is 39.8. The zero-order valence-electron chi connectivity index (χ0n) is 15.2. The quantitative estimate of drug-likeness (QED) is 0.807. The summed E-state index contributed by atoms with van der Waals surface area (Å²) in [6, 6.07) is 0.249. The van der Waals surface area contributed by atoms with E-state index in [4.69, 9.17) is 0 Å². The standard InChI is InChI=1S/C18H29N3O4/c1-18(2)13(14(18)16(23)24)15(22)20-8-10-21(11-9-20)17(25)19-12-6-4-3-5-7-12/h12-14H,3-11H2,1-2H3,(H,19,25)(H,23,24). The van der Waals surface area contributed by atoms with Crippen LogP contribution < -0.4 is 5.32 Å². The van der Waals surface area contributed by atoms with E-state index in [2.05, 4.69) is 5.32 Å². The molecule has 0 aromatic carbocycles. The van der Waals surface area contributed by atoms with Crippen molar-refractivity contribution in [2.24, 2.45) is 17.3 Å². The number of carbonyl (C=O) groups is 3. The minimum Gasteiger partial charge on any atom is -0.481 e. The van der Waals surface area contributed by atoms with Crippen LogP contribution in [0.4, 0.5) is 4.79 Å². The van der Waals surface area contributed by atoms with Gasteiger partial charge in [0.1, 0.15) is 0 Å². The predicted octanol–water partition coefficient (Wildman–Crippen LogP) is 1.53. The molecule has 2 N–H and O–H groups in total. The first-order valence-electron chi connectivity index (χ1n) is 9.39. The van der Waals surface area contributed by atoms with Gasteiger partial charge in [0, 0.05) is 32.2 Å². The van der Waals surface area contributed by atoms with E-state index in [1.54, 1.807) is 9.80 Å². The number of nitrogens with zero attached hydrogens (tertiary/aromatic N) is 2. The Labute approximate surface area is 148 Å². The molecule has 0 aromatic heterocycles. The number of hydrogen-bond acceptors (Lipinski definition) is 3. The van der Waals surface area contributed by atoms with Crippen LogP contribution in [-0.4, -0.2) is 65.0 Å². The molecule has 1 aliphatic heterocycles. The van der Waals surface area contributed by atoms with E-state index in [9.17, 15) is 19.5 Å². The van der Waals surface area contributed by atoms with Crippen molar-refractivity contribution in [1.82, 2.24) is 15.1 Å². The molecule has 140 valence electrons. The van der Waals surface area contributed by atoms with Gasteiger partial charge in [0.2, 0.25) is 5.91 Å². The molecular formula is C18H29N3O4. The topological polar surface area (TPSA) is 90.0 Å². The van der Waals surface area contributed by atoms with Crippen LogP contribution >= 0.6 is 0 Å². The molecule has 1 heterocycles. The van der Waals surface area contributed by atoms with E-state index in [1.165, 1.54) is 19.3 Å². The second-order valence-corrected chi connectivity index (χ2v) is 8.21. The lowest BCUT2D eigenvalue weighted by molar-refractivity contribution is -0.142. The summed E-state index contributed by atoms with van der Waals surface area (Å²) in [7, 11) is 0. The molecule has 0 bridgehead atoms. The predicted molar refractivity (Wildman–Crippen MR) is 92.0 cm³/mol. The molecule has 2 aliphatic carbocycles. The Morgan fingerprint density at radius 3 is 2.00 bits per heavy atom. The Bertz CT molecular complexity index is 549. The Kier molecular flexibility index (Phi) is 4.93. The Balaban J connectivity index is 1.48. The molecule has 2 atom stereocenters. The normalized spacial score (nSPS) is 29.2. The lowest BCUT2D eigenvalue weighted by Gasteiger charge is -2.36. The van der Waals surface area contributed by atoms with Gasteiger partial charge in [-0.1, -0.05) is 33.1 Å². The van der Waals surface area contributed by atoms with Crippen LogP contribution in [0.2, 0.25) is 0 Å². The minimum atomic E-state index is -0.895. The number of aliphatic carboxylic acids is 1. The van der Waals surface area contributed by atoms with E-state index in [1.807, 2.05) is 13.8 Å². The van der Waals surface area contributed by atoms with Gasteiger partial charge in [-0.2, -0.15) is 0 Å². The molecule has 3 amide bonds. The first-order valence-corrected chi connectivity index (χ1v) is 9.39. The molecule has 0 radical (unpaired) electrons. The maximum absolute atomic E-state index is 12.6. The van der Waals surface area contributed by atoms with Crippen LogP contribution in [0.25, 0.3) is 0 Å². The van der Waals surface area contributed by atoms with Gasteiger partial charge in [0.25, 0.3) is 0 Å². The van der Waals surface area contributed by atoms with Crippen LogP contribution in [0.5, 0.6) is 0 Å². The van der Waals surface area contributed by atoms with Gasteiger partial charge >= 0.3 is 12.0 Å². The number of urea groups is 1. The van der Waals surface area contributed by atoms with Gasteiger partial charge < -0.3 is 20.2 Å². The van der Waals surface area contributed by atoms with Crippen molar-refractivity contribution in [2.45, 2.75) is 52.0 Å². The third kappa shape index (κ3) is 3.60. The SMILES string of the molecule is CC1(C)C(C(=O)O)C1C(=O)N1CCN(C(=O)NC2CCCCC2)CC1. The van der Waals surface area contributed by atoms with Crippen LogP contribution in [0, 0.1) is 17.3 Å². The number of nitrogens with one attached hydrogen (secondary N) is 1. The Morgan fingerprint density at radius 2 is 1.48 bits per heavy atom. The summed E-state index contributed by atoms with van der Waals surface area (Å²) in [6.45, 7) is 5.65. The second-order valence-electron chi connectivity index (χ2n) is 8.21. The van der Waals surface area contributed by atoms with Crippen LogP contribution in [0.3, 0.4) is 0 Å². The van der Waals surface area contributed by atoms with Gasteiger partial charge in [-0.3, -0.25) is 9.59 Å². The van der Waals surface area contributed by atoms with Crippen molar-refractivity contribution in [3.05, 3.63) is 0 Å². The highest BCUT2D eigenvalue weighted by Crippen LogP contribution is 2.59. The summed E-state index contributed by atoms with van der Waals surface area (Å²) in [5.74, 6) is -2.00. The van der Waals surface area contributed by atoms with Crippen LogP contribution in [0.15, 0.2) is 0 Å². The fraction of sp³-hybridized carbons (Fsp3) is 0.833. The number of carboxylic acids is 1. The van der Waals surface area contributed by atoms with Crippen molar-refractivity contribution < 1.29 is 19.5 Å². The van der Waals surface area contributed by atoms with Crippen LogP contribution in [-0.2, 0) is 9.59 Å². The fourth-order valence-electron chi connectivity index (χ4n) is 4.40. The lowest BCUT2D eigenvalue weighted by Crippen LogP contribution is -2.55. The molecule has 0 spiro atoms. The largest absolute Gasteiger partial charge is 0.481 e. The van der Waals surface area contributed by atoms with Crippen LogP contribution in [0.1, 0.15) is 46.0 Å². The molecule has 7 nitrogen and oxygen atoms in total. The summed E-state index contributed by atoms with van der Waals surface area (Å²) in [5, 5.41) is 12.4. The summed E-state index contributed by atoms with van der Waals surface area (Å²) >= 11 is 0. The summed E-state index contributed by atoms with van der Waals surface area (Å²) in [6.07, 6.45) is 5.71. The monoisotopic (exact) mass is 351 g/mol. The minimum absolute atomic E-state index is 0.0332. The van der Waals surface area contributed by atoms with Gasteiger partial charge in [-0.05, 0) is 18.3 Å². The van der Waals surface area contributed by atoms with Gasteiger partial charge in [-0.15, -0.1) is 0 Å². The van der Waals surface area contributed by atoms with Crippen molar-refractivity contribution >= 4 is 17.9 Å². The molecule has 7 heteroatoms. The first kappa shape index (κ1) is 18.0. The lowest BCUT2D eigenvalue weighted by atomic mass is 9.96. The molecule has 2 unspecified atom stereocenters. The van der Waals surface area contributed by atoms with E-state index in [-0.39, 0.29) is 18.0 Å². The number of carboxylic acid groups (broad SMARTS) is 1. The third-order valence-electron chi connectivity index (χ3n) is 6.17. The Morgan fingerprint density at radius 1 is 0.920 bits per heavy atom.